The summed E-state index contributed by atoms with van der Waals surface area (Å²) in [6, 6.07) is 0. The molecule has 0 aromatic heterocycles. The molecule has 2 aliphatic rings. The SMILES string of the molecule is CCOCC1[C@@H]2C(COS(C)(=O)=O)[C@H]12. The van der Waals surface area contributed by atoms with Crippen molar-refractivity contribution in [3.8, 4) is 0 Å². The first-order valence-electron chi connectivity index (χ1n) is 4.96. The van der Waals surface area contributed by atoms with Crippen LogP contribution >= 0.6 is 0 Å². The molecule has 4 nitrogen and oxygen atoms in total. The molecule has 2 aliphatic carbocycles. The minimum atomic E-state index is -3.25. The molecule has 0 spiro atoms. The Balaban J connectivity index is 1.59. The number of hydrogen-bond donors (Lipinski definition) is 0. The zero-order valence-corrected chi connectivity index (χ0v) is 9.29. The van der Waals surface area contributed by atoms with E-state index in [9.17, 15) is 8.42 Å². The Kier molecular flexibility index (Phi) is 2.57. The lowest BCUT2D eigenvalue weighted by molar-refractivity contribution is 0.111. The van der Waals surface area contributed by atoms with Gasteiger partial charge in [-0.05, 0) is 30.6 Å². The minimum Gasteiger partial charge on any atom is -0.381 e. The average Bonchev–Trinajstić information content (AvgIpc) is 2.89. The van der Waals surface area contributed by atoms with Gasteiger partial charge in [-0.3, -0.25) is 4.18 Å². The predicted octanol–water partition coefficient (Wildman–Crippen LogP) is 0.491. The second kappa shape index (κ2) is 3.47. The maximum Gasteiger partial charge on any atom is 0.264 e. The molecule has 0 radical (unpaired) electrons. The van der Waals surface area contributed by atoms with Gasteiger partial charge in [-0.2, -0.15) is 8.42 Å². The van der Waals surface area contributed by atoms with Gasteiger partial charge in [0.05, 0.1) is 12.9 Å². The summed E-state index contributed by atoms with van der Waals surface area (Å²) in [5, 5.41) is 0. The number of ether oxygens (including phenoxy) is 1. The highest BCUT2D eigenvalue weighted by Crippen LogP contribution is 2.73. The van der Waals surface area contributed by atoms with Gasteiger partial charge in [0, 0.05) is 13.2 Å². The summed E-state index contributed by atoms with van der Waals surface area (Å²) in [4.78, 5) is 0. The number of rotatable bonds is 6. The van der Waals surface area contributed by atoms with Gasteiger partial charge in [0.2, 0.25) is 0 Å². The molecule has 14 heavy (non-hydrogen) atoms. The molecule has 0 bridgehead atoms. The normalized spacial score (nSPS) is 39.3. The van der Waals surface area contributed by atoms with E-state index in [1.807, 2.05) is 6.92 Å². The van der Waals surface area contributed by atoms with E-state index in [1.165, 1.54) is 0 Å². The van der Waals surface area contributed by atoms with Crippen LogP contribution in [0.1, 0.15) is 6.92 Å². The van der Waals surface area contributed by atoms with Crippen LogP contribution < -0.4 is 0 Å². The van der Waals surface area contributed by atoms with Gasteiger partial charge in [-0.1, -0.05) is 0 Å². The molecule has 0 amide bonds. The van der Waals surface area contributed by atoms with E-state index < -0.39 is 10.1 Å². The Morgan fingerprint density at radius 1 is 1.14 bits per heavy atom. The van der Waals surface area contributed by atoms with Crippen LogP contribution in [0.3, 0.4) is 0 Å². The molecule has 0 saturated heterocycles. The van der Waals surface area contributed by atoms with Crippen LogP contribution in [0.15, 0.2) is 0 Å². The Hall–Kier alpha value is -0.130. The molecule has 0 heterocycles. The molecular formula is C9H16O4S. The van der Waals surface area contributed by atoms with E-state index in [4.69, 9.17) is 8.92 Å². The van der Waals surface area contributed by atoms with Gasteiger partial charge in [0.1, 0.15) is 0 Å². The molecule has 82 valence electrons. The fourth-order valence-corrected chi connectivity index (χ4v) is 2.65. The first-order chi connectivity index (χ1) is 6.54. The van der Waals surface area contributed by atoms with Gasteiger partial charge >= 0.3 is 0 Å². The molecule has 5 heteroatoms. The molecule has 2 saturated carbocycles. The van der Waals surface area contributed by atoms with Crippen LogP contribution in [0.5, 0.6) is 0 Å². The van der Waals surface area contributed by atoms with Gasteiger partial charge in [-0.25, -0.2) is 0 Å². The molecular weight excluding hydrogens is 204 g/mol. The van der Waals surface area contributed by atoms with Crippen LogP contribution in [-0.4, -0.2) is 34.5 Å². The van der Waals surface area contributed by atoms with Gasteiger partial charge in [0.25, 0.3) is 10.1 Å². The highest BCUT2D eigenvalue weighted by molar-refractivity contribution is 7.85. The lowest BCUT2D eigenvalue weighted by Crippen LogP contribution is -2.14. The number of hydrogen-bond acceptors (Lipinski definition) is 4. The molecule has 0 aliphatic heterocycles. The summed E-state index contributed by atoms with van der Waals surface area (Å²) < 4.78 is 31.4. The van der Waals surface area contributed by atoms with E-state index in [1.54, 1.807) is 0 Å². The average molecular weight is 220 g/mol. The van der Waals surface area contributed by atoms with E-state index in [-0.39, 0.29) is 0 Å². The van der Waals surface area contributed by atoms with Crippen LogP contribution in [0.4, 0.5) is 0 Å². The third-order valence-electron chi connectivity index (χ3n) is 3.13. The third-order valence-corrected chi connectivity index (χ3v) is 3.69. The van der Waals surface area contributed by atoms with Crippen LogP contribution in [0.25, 0.3) is 0 Å². The second-order valence-corrected chi connectivity index (χ2v) is 5.77. The Labute approximate surface area is 84.7 Å². The molecule has 2 fully saturated rings. The Bertz CT molecular complexity index is 301. The van der Waals surface area contributed by atoms with E-state index in [0.29, 0.717) is 30.3 Å². The molecule has 2 unspecified atom stereocenters. The monoisotopic (exact) mass is 220 g/mol. The van der Waals surface area contributed by atoms with Crippen molar-refractivity contribution in [2.24, 2.45) is 23.7 Å². The maximum atomic E-state index is 10.7. The van der Waals surface area contributed by atoms with Gasteiger partial charge in [0.15, 0.2) is 0 Å². The largest absolute Gasteiger partial charge is 0.381 e. The molecule has 0 aromatic carbocycles. The maximum absolute atomic E-state index is 10.7. The molecule has 4 atom stereocenters. The molecule has 0 aromatic rings. The van der Waals surface area contributed by atoms with Crippen molar-refractivity contribution in [1.82, 2.24) is 0 Å². The Morgan fingerprint density at radius 2 is 1.71 bits per heavy atom. The highest BCUT2D eigenvalue weighted by atomic mass is 32.2. The van der Waals surface area contributed by atoms with Crippen LogP contribution in [0.2, 0.25) is 0 Å². The first kappa shape index (κ1) is 10.4. The van der Waals surface area contributed by atoms with Crippen molar-refractivity contribution in [3.05, 3.63) is 0 Å². The van der Waals surface area contributed by atoms with Crippen molar-refractivity contribution in [2.75, 3.05) is 26.1 Å². The van der Waals surface area contributed by atoms with Gasteiger partial charge < -0.3 is 4.74 Å². The summed E-state index contributed by atoms with van der Waals surface area (Å²) in [6.07, 6.45) is 1.10. The summed E-state index contributed by atoms with van der Waals surface area (Å²) in [7, 11) is -3.25. The van der Waals surface area contributed by atoms with Crippen molar-refractivity contribution in [2.45, 2.75) is 6.92 Å². The summed E-state index contributed by atoms with van der Waals surface area (Å²) in [6.45, 7) is 3.96. The number of fused-ring (bicyclic) bond motifs is 1. The fraction of sp³-hybridized carbons (Fsp3) is 1.00. The minimum absolute atomic E-state index is 0.372. The van der Waals surface area contributed by atoms with E-state index in [0.717, 1.165) is 19.5 Å². The lowest BCUT2D eigenvalue weighted by Gasteiger charge is -2.10. The van der Waals surface area contributed by atoms with Crippen molar-refractivity contribution in [1.29, 1.82) is 0 Å². The van der Waals surface area contributed by atoms with Crippen LogP contribution in [0, 0.1) is 23.7 Å². The van der Waals surface area contributed by atoms with E-state index in [2.05, 4.69) is 0 Å². The van der Waals surface area contributed by atoms with Crippen molar-refractivity contribution < 1.29 is 17.3 Å². The summed E-state index contributed by atoms with van der Waals surface area (Å²) >= 11 is 0. The zero-order chi connectivity index (χ0) is 10.3. The Morgan fingerprint density at radius 3 is 2.21 bits per heavy atom. The van der Waals surface area contributed by atoms with Crippen LogP contribution in [-0.2, 0) is 19.0 Å². The van der Waals surface area contributed by atoms with E-state index >= 15 is 0 Å². The molecule has 2 rings (SSSR count). The molecule has 0 N–H and O–H groups in total. The lowest BCUT2D eigenvalue weighted by atomic mass is 10.1. The first-order valence-corrected chi connectivity index (χ1v) is 6.78. The predicted molar refractivity (Wildman–Crippen MR) is 51.2 cm³/mol. The quantitative estimate of drug-likeness (QED) is 0.611. The smallest absolute Gasteiger partial charge is 0.264 e. The fourth-order valence-electron chi connectivity index (χ4n) is 2.25. The second-order valence-electron chi connectivity index (χ2n) is 4.13. The van der Waals surface area contributed by atoms with Crippen molar-refractivity contribution in [3.63, 3.8) is 0 Å². The zero-order valence-electron chi connectivity index (χ0n) is 8.47. The summed E-state index contributed by atoms with van der Waals surface area (Å²) in [5.74, 6) is 2.53. The highest BCUT2D eigenvalue weighted by Gasteiger charge is 2.72. The van der Waals surface area contributed by atoms with Gasteiger partial charge in [-0.15, -0.1) is 0 Å². The third kappa shape index (κ3) is 2.10. The van der Waals surface area contributed by atoms with Crippen molar-refractivity contribution >= 4 is 10.1 Å². The summed E-state index contributed by atoms with van der Waals surface area (Å²) in [5.41, 5.74) is 0. The topological polar surface area (TPSA) is 52.6 Å². The standard InChI is InChI=1S/C9H16O4S/c1-3-12-4-6-8-7(9(6)8)5-13-14(2,10)11/h6-9H,3-5H2,1-2H3/t6?,7?,8-,9+.